The van der Waals surface area contributed by atoms with Crippen LogP contribution in [-0.2, 0) is 19.3 Å². The van der Waals surface area contributed by atoms with E-state index in [1.54, 1.807) is 19.1 Å². The normalized spacial score (nSPS) is 15.2. The van der Waals surface area contributed by atoms with Gasteiger partial charge in [-0.3, -0.25) is 0 Å². The Kier molecular flexibility index (Phi) is 3.58. The third-order valence-electron chi connectivity index (χ3n) is 4.17. The molecule has 1 atom stereocenters. The molecule has 0 spiro atoms. The van der Waals surface area contributed by atoms with Crippen molar-refractivity contribution < 1.29 is 9.50 Å². The summed E-state index contributed by atoms with van der Waals surface area (Å²) < 4.78 is 13.5. The van der Waals surface area contributed by atoms with E-state index in [1.807, 2.05) is 0 Å². The van der Waals surface area contributed by atoms with Crippen LogP contribution in [0.1, 0.15) is 40.3 Å². The smallest absolute Gasteiger partial charge is 0.126 e. The molecule has 1 aliphatic rings. The molecule has 0 aliphatic heterocycles. The molecule has 2 aromatic rings. The van der Waals surface area contributed by atoms with Gasteiger partial charge in [0.05, 0.1) is 6.10 Å². The molecule has 20 heavy (non-hydrogen) atoms. The van der Waals surface area contributed by atoms with E-state index in [9.17, 15) is 9.50 Å². The molecule has 1 aliphatic carbocycles. The lowest BCUT2D eigenvalue weighted by Gasteiger charge is -2.13. The summed E-state index contributed by atoms with van der Waals surface area (Å²) in [5, 5.41) is 10.3. The number of aryl methyl sites for hydroxylation is 3. The van der Waals surface area contributed by atoms with Gasteiger partial charge < -0.3 is 5.11 Å². The van der Waals surface area contributed by atoms with Crippen molar-refractivity contribution in [1.82, 2.24) is 0 Å². The monoisotopic (exact) mass is 270 g/mol. The van der Waals surface area contributed by atoms with Gasteiger partial charge in [-0.1, -0.05) is 30.3 Å². The van der Waals surface area contributed by atoms with Gasteiger partial charge in [-0.25, -0.2) is 4.39 Å². The molecule has 2 aromatic carbocycles. The van der Waals surface area contributed by atoms with Gasteiger partial charge >= 0.3 is 0 Å². The molecule has 3 rings (SSSR count). The summed E-state index contributed by atoms with van der Waals surface area (Å²) in [5.74, 6) is -0.254. The van der Waals surface area contributed by atoms with Gasteiger partial charge in [-0.05, 0) is 60.1 Å². The van der Waals surface area contributed by atoms with Crippen LogP contribution in [-0.4, -0.2) is 5.11 Å². The summed E-state index contributed by atoms with van der Waals surface area (Å²) >= 11 is 0. The van der Waals surface area contributed by atoms with E-state index < -0.39 is 6.10 Å². The molecule has 0 radical (unpaired) electrons. The molecule has 1 nitrogen and oxygen atoms in total. The van der Waals surface area contributed by atoms with E-state index in [0.29, 0.717) is 17.5 Å². The standard InChI is InChI=1S/C18H19FO/c1-12-5-7-16(11-17(12)19)18(20)10-13-6-8-14-3-2-4-15(14)9-13/h5-9,11,18,20H,2-4,10H2,1H3. The van der Waals surface area contributed by atoms with Gasteiger partial charge in [0, 0.05) is 6.42 Å². The van der Waals surface area contributed by atoms with E-state index in [0.717, 1.165) is 12.0 Å². The first-order valence-corrected chi connectivity index (χ1v) is 7.18. The molecule has 0 heterocycles. The number of hydrogen-bond acceptors (Lipinski definition) is 1. The molecule has 0 fully saturated rings. The molecule has 0 saturated heterocycles. The second-order valence-corrected chi connectivity index (χ2v) is 5.69. The Bertz CT molecular complexity index is 633. The van der Waals surface area contributed by atoms with Gasteiger partial charge in [-0.15, -0.1) is 0 Å². The van der Waals surface area contributed by atoms with Gasteiger partial charge in [0.15, 0.2) is 0 Å². The summed E-state index contributed by atoms with van der Waals surface area (Å²) in [6.45, 7) is 1.73. The summed E-state index contributed by atoms with van der Waals surface area (Å²) in [6, 6.07) is 11.4. The predicted octanol–water partition coefficient (Wildman–Crippen LogP) is 3.90. The number of hydrogen-bond donors (Lipinski definition) is 1. The third-order valence-corrected chi connectivity index (χ3v) is 4.17. The minimum absolute atomic E-state index is 0.254. The minimum atomic E-state index is -0.649. The van der Waals surface area contributed by atoms with Crippen LogP contribution < -0.4 is 0 Å². The number of benzene rings is 2. The fraction of sp³-hybridized carbons (Fsp3) is 0.333. The second-order valence-electron chi connectivity index (χ2n) is 5.69. The highest BCUT2D eigenvalue weighted by Gasteiger charge is 2.14. The van der Waals surface area contributed by atoms with Crippen molar-refractivity contribution in [1.29, 1.82) is 0 Å². The van der Waals surface area contributed by atoms with Crippen molar-refractivity contribution in [2.45, 2.75) is 38.7 Å². The first-order chi connectivity index (χ1) is 9.63. The maximum absolute atomic E-state index is 13.5. The molecular formula is C18H19FO. The quantitative estimate of drug-likeness (QED) is 0.897. The Morgan fingerprint density at radius 3 is 2.70 bits per heavy atom. The van der Waals surface area contributed by atoms with Crippen molar-refractivity contribution in [2.75, 3.05) is 0 Å². The summed E-state index contributed by atoms with van der Waals surface area (Å²) in [7, 11) is 0. The van der Waals surface area contributed by atoms with Gasteiger partial charge in [0.1, 0.15) is 5.82 Å². The zero-order chi connectivity index (χ0) is 14.1. The first kappa shape index (κ1) is 13.3. The number of aliphatic hydroxyl groups excluding tert-OH is 1. The van der Waals surface area contributed by atoms with E-state index >= 15 is 0 Å². The SMILES string of the molecule is Cc1ccc(C(O)Cc2ccc3c(c2)CCC3)cc1F. The summed E-state index contributed by atoms with van der Waals surface area (Å²) in [4.78, 5) is 0. The maximum Gasteiger partial charge on any atom is 0.126 e. The summed E-state index contributed by atoms with van der Waals surface area (Å²) in [5.41, 5.74) is 5.22. The zero-order valence-corrected chi connectivity index (χ0v) is 11.7. The van der Waals surface area contributed by atoms with Crippen LogP contribution in [0.15, 0.2) is 36.4 Å². The Balaban J connectivity index is 1.78. The average Bonchev–Trinajstić information content (AvgIpc) is 2.89. The molecule has 0 amide bonds. The summed E-state index contributed by atoms with van der Waals surface area (Å²) in [6.07, 6.45) is 3.42. The Labute approximate surface area is 119 Å². The van der Waals surface area contributed by atoms with Crippen molar-refractivity contribution >= 4 is 0 Å². The molecule has 104 valence electrons. The van der Waals surface area contributed by atoms with Gasteiger partial charge in [0.25, 0.3) is 0 Å². The predicted molar refractivity (Wildman–Crippen MR) is 78.3 cm³/mol. The van der Waals surface area contributed by atoms with Crippen LogP contribution >= 0.6 is 0 Å². The fourth-order valence-electron chi connectivity index (χ4n) is 2.91. The average molecular weight is 270 g/mol. The van der Waals surface area contributed by atoms with Crippen molar-refractivity contribution in [3.63, 3.8) is 0 Å². The lowest BCUT2D eigenvalue weighted by atomic mass is 9.98. The molecule has 2 heteroatoms. The van der Waals surface area contributed by atoms with Crippen molar-refractivity contribution in [3.05, 3.63) is 70.0 Å². The first-order valence-electron chi connectivity index (χ1n) is 7.18. The molecular weight excluding hydrogens is 251 g/mol. The molecule has 0 bridgehead atoms. The van der Waals surface area contributed by atoms with Crippen LogP contribution in [0.5, 0.6) is 0 Å². The Morgan fingerprint density at radius 1 is 1.10 bits per heavy atom. The van der Waals surface area contributed by atoms with Crippen LogP contribution in [0.25, 0.3) is 0 Å². The van der Waals surface area contributed by atoms with Crippen molar-refractivity contribution in [2.24, 2.45) is 0 Å². The van der Waals surface area contributed by atoms with Gasteiger partial charge in [0.2, 0.25) is 0 Å². The van der Waals surface area contributed by atoms with Crippen LogP contribution in [0.3, 0.4) is 0 Å². The fourth-order valence-corrected chi connectivity index (χ4v) is 2.91. The van der Waals surface area contributed by atoms with E-state index in [4.69, 9.17) is 0 Å². The highest BCUT2D eigenvalue weighted by molar-refractivity contribution is 5.36. The zero-order valence-electron chi connectivity index (χ0n) is 11.7. The maximum atomic E-state index is 13.5. The van der Waals surface area contributed by atoms with E-state index in [-0.39, 0.29) is 5.82 Å². The molecule has 1 N–H and O–H groups in total. The molecule has 1 unspecified atom stereocenters. The lowest BCUT2D eigenvalue weighted by Crippen LogP contribution is -2.03. The molecule has 0 saturated carbocycles. The largest absolute Gasteiger partial charge is 0.388 e. The van der Waals surface area contributed by atoms with E-state index in [2.05, 4.69) is 18.2 Å². The minimum Gasteiger partial charge on any atom is -0.388 e. The Morgan fingerprint density at radius 2 is 1.90 bits per heavy atom. The van der Waals surface area contributed by atoms with Crippen molar-refractivity contribution in [3.8, 4) is 0 Å². The highest BCUT2D eigenvalue weighted by Crippen LogP contribution is 2.26. The highest BCUT2D eigenvalue weighted by atomic mass is 19.1. The number of fused-ring (bicyclic) bond motifs is 1. The van der Waals surface area contributed by atoms with E-state index in [1.165, 1.54) is 30.0 Å². The van der Waals surface area contributed by atoms with Crippen LogP contribution in [0.2, 0.25) is 0 Å². The van der Waals surface area contributed by atoms with Crippen LogP contribution in [0, 0.1) is 12.7 Å². The van der Waals surface area contributed by atoms with Crippen LogP contribution in [0.4, 0.5) is 4.39 Å². The topological polar surface area (TPSA) is 20.2 Å². The van der Waals surface area contributed by atoms with Gasteiger partial charge in [-0.2, -0.15) is 0 Å². The number of halogens is 1. The number of aliphatic hydroxyl groups is 1. The Hall–Kier alpha value is -1.67. The third kappa shape index (κ3) is 2.61. The second kappa shape index (κ2) is 5.37. The number of rotatable bonds is 3. The lowest BCUT2D eigenvalue weighted by molar-refractivity contribution is 0.178. The molecule has 0 aromatic heterocycles.